The summed E-state index contributed by atoms with van der Waals surface area (Å²) in [5.41, 5.74) is 0.681. The third kappa shape index (κ3) is 4.01. The fraction of sp³-hybridized carbons (Fsp3) is 0.238. The van der Waals surface area contributed by atoms with Gasteiger partial charge in [0.1, 0.15) is 17.9 Å². The number of anilines is 1. The lowest BCUT2D eigenvalue weighted by atomic mass is 10.2. The van der Waals surface area contributed by atoms with Crippen LogP contribution >= 0.6 is 0 Å². The van der Waals surface area contributed by atoms with Crippen LogP contribution in [0.25, 0.3) is 11.0 Å². The lowest BCUT2D eigenvalue weighted by Gasteiger charge is -2.12. The van der Waals surface area contributed by atoms with Crippen molar-refractivity contribution in [1.29, 1.82) is 0 Å². The summed E-state index contributed by atoms with van der Waals surface area (Å²) >= 11 is 0. The second-order valence-electron chi connectivity index (χ2n) is 6.40. The van der Waals surface area contributed by atoms with E-state index < -0.39 is 5.91 Å². The molecule has 1 saturated heterocycles. The van der Waals surface area contributed by atoms with Crippen LogP contribution in [0.2, 0.25) is 0 Å². The van der Waals surface area contributed by atoms with Crippen LogP contribution in [0.5, 0.6) is 5.75 Å². The first-order valence-corrected chi connectivity index (χ1v) is 8.88. The highest BCUT2D eigenvalue weighted by Gasteiger charge is 2.16. The first-order chi connectivity index (χ1) is 13.2. The zero-order valence-electron chi connectivity index (χ0n) is 14.6. The molecule has 0 saturated carbocycles. The van der Waals surface area contributed by atoms with Crippen LogP contribution in [-0.4, -0.2) is 25.2 Å². The van der Waals surface area contributed by atoms with Crippen molar-refractivity contribution in [2.75, 3.05) is 18.5 Å². The molecule has 27 heavy (non-hydrogen) atoms. The summed E-state index contributed by atoms with van der Waals surface area (Å²) in [6.07, 6.45) is 2.17. The molecule has 0 radical (unpaired) electrons. The summed E-state index contributed by atoms with van der Waals surface area (Å²) in [5, 5.41) is 3.18. The van der Waals surface area contributed by atoms with Gasteiger partial charge >= 0.3 is 0 Å². The van der Waals surface area contributed by atoms with E-state index in [0.29, 0.717) is 29.0 Å². The molecule has 1 atom stereocenters. The number of ether oxygens (including phenoxy) is 2. The van der Waals surface area contributed by atoms with Crippen molar-refractivity contribution in [3.63, 3.8) is 0 Å². The van der Waals surface area contributed by atoms with Gasteiger partial charge in [-0.2, -0.15) is 0 Å². The second kappa shape index (κ2) is 7.63. The first-order valence-electron chi connectivity index (χ1n) is 8.88. The quantitative estimate of drug-likeness (QED) is 0.747. The molecule has 2 heterocycles. The number of fused-ring (bicyclic) bond motifs is 1. The van der Waals surface area contributed by atoms with E-state index in [4.69, 9.17) is 13.9 Å². The Morgan fingerprint density at radius 1 is 1.15 bits per heavy atom. The van der Waals surface area contributed by atoms with Gasteiger partial charge in [-0.1, -0.05) is 18.2 Å². The van der Waals surface area contributed by atoms with Gasteiger partial charge in [0.25, 0.3) is 5.91 Å². The normalized spacial score (nSPS) is 16.4. The highest BCUT2D eigenvalue weighted by Crippen LogP contribution is 2.20. The van der Waals surface area contributed by atoms with Crippen molar-refractivity contribution in [3.05, 3.63) is 70.6 Å². The average Bonchev–Trinajstić information content (AvgIpc) is 3.20. The van der Waals surface area contributed by atoms with Gasteiger partial charge < -0.3 is 19.2 Å². The zero-order chi connectivity index (χ0) is 18.6. The maximum absolute atomic E-state index is 12.5. The van der Waals surface area contributed by atoms with E-state index in [1.807, 2.05) is 6.07 Å². The third-order valence-electron chi connectivity index (χ3n) is 4.41. The van der Waals surface area contributed by atoms with Crippen molar-refractivity contribution in [2.45, 2.75) is 18.9 Å². The van der Waals surface area contributed by atoms with Gasteiger partial charge in [0.05, 0.1) is 11.5 Å². The number of rotatable bonds is 5. The Morgan fingerprint density at radius 3 is 2.89 bits per heavy atom. The standard InChI is InChI=1S/C21H19NO5/c23-18-12-20(27-19-9-2-1-8-17(18)19)21(24)22-14-5-3-6-15(11-14)26-13-16-7-4-10-25-16/h1-3,5-6,8-9,11-12,16H,4,7,10,13H2,(H,22,24)/t16-/m1/s1. The van der Waals surface area contributed by atoms with E-state index in [1.54, 1.807) is 42.5 Å². The van der Waals surface area contributed by atoms with Crippen LogP contribution in [0, 0.1) is 0 Å². The van der Waals surface area contributed by atoms with Gasteiger partial charge in [-0.05, 0) is 37.1 Å². The van der Waals surface area contributed by atoms with Crippen molar-refractivity contribution in [1.82, 2.24) is 0 Å². The molecule has 4 rings (SSSR count). The number of carbonyl (C=O) groups is 1. The zero-order valence-corrected chi connectivity index (χ0v) is 14.6. The molecule has 1 aliphatic rings. The Bertz CT molecular complexity index is 1020. The smallest absolute Gasteiger partial charge is 0.291 e. The van der Waals surface area contributed by atoms with Crippen LogP contribution in [-0.2, 0) is 4.74 Å². The molecule has 1 fully saturated rings. The molecule has 6 heteroatoms. The van der Waals surface area contributed by atoms with Crippen LogP contribution in [0.15, 0.2) is 63.8 Å². The Hall–Kier alpha value is -3.12. The molecule has 1 aliphatic heterocycles. The van der Waals surface area contributed by atoms with Gasteiger partial charge in [-0.15, -0.1) is 0 Å². The topological polar surface area (TPSA) is 77.8 Å². The number of para-hydroxylation sites is 1. The minimum Gasteiger partial charge on any atom is -0.491 e. The van der Waals surface area contributed by atoms with Crippen LogP contribution in [0.4, 0.5) is 5.69 Å². The third-order valence-corrected chi connectivity index (χ3v) is 4.41. The van der Waals surface area contributed by atoms with Crippen LogP contribution in [0.3, 0.4) is 0 Å². The minimum atomic E-state index is -0.492. The van der Waals surface area contributed by atoms with E-state index in [0.717, 1.165) is 19.4 Å². The van der Waals surface area contributed by atoms with Crippen molar-refractivity contribution in [2.24, 2.45) is 0 Å². The summed E-state index contributed by atoms with van der Waals surface area (Å²) in [7, 11) is 0. The van der Waals surface area contributed by atoms with Gasteiger partial charge in [-0.3, -0.25) is 9.59 Å². The van der Waals surface area contributed by atoms with Gasteiger partial charge in [0.2, 0.25) is 0 Å². The van der Waals surface area contributed by atoms with E-state index in [1.165, 1.54) is 6.07 Å². The Labute approximate surface area is 155 Å². The molecule has 0 bridgehead atoms. The summed E-state index contributed by atoms with van der Waals surface area (Å²) in [5.74, 6) is 0.113. The molecule has 0 spiro atoms. The number of benzene rings is 2. The molecular weight excluding hydrogens is 346 g/mol. The van der Waals surface area contributed by atoms with Crippen molar-refractivity contribution < 1.29 is 18.7 Å². The summed E-state index contributed by atoms with van der Waals surface area (Å²) < 4.78 is 16.8. The maximum atomic E-state index is 12.5. The first kappa shape index (κ1) is 17.3. The molecule has 138 valence electrons. The predicted molar refractivity (Wildman–Crippen MR) is 101 cm³/mol. The Balaban J connectivity index is 1.47. The number of nitrogens with one attached hydrogen (secondary N) is 1. The van der Waals surface area contributed by atoms with E-state index >= 15 is 0 Å². The number of hydrogen-bond donors (Lipinski definition) is 1. The molecule has 3 aromatic rings. The largest absolute Gasteiger partial charge is 0.491 e. The Kier molecular flexibility index (Phi) is 4.89. The van der Waals surface area contributed by atoms with E-state index in [9.17, 15) is 9.59 Å². The SMILES string of the molecule is O=C(Nc1cccc(OC[C@H]2CCCO2)c1)c1cc(=O)c2ccccc2o1. The highest BCUT2D eigenvalue weighted by molar-refractivity contribution is 6.03. The summed E-state index contributed by atoms with van der Waals surface area (Å²) in [6, 6.07) is 15.1. The predicted octanol–water partition coefficient (Wildman–Crippen LogP) is 3.60. The number of carbonyl (C=O) groups excluding carboxylic acids is 1. The van der Waals surface area contributed by atoms with Crippen LogP contribution in [0.1, 0.15) is 23.4 Å². The minimum absolute atomic E-state index is 0.0376. The lowest BCUT2D eigenvalue weighted by molar-refractivity contribution is 0.0680. The maximum Gasteiger partial charge on any atom is 0.291 e. The molecule has 0 aliphatic carbocycles. The monoisotopic (exact) mass is 365 g/mol. The molecule has 0 unspecified atom stereocenters. The van der Waals surface area contributed by atoms with E-state index in [2.05, 4.69) is 5.32 Å². The van der Waals surface area contributed by atoms with Gasteiger partial charge in [0, 0.05) is 24.4 Å². The number of amides is 1. The molecule has 1 aromatic heterocycles. The lowest BCUT2D eigenvalue weighted by Crippen LogP contribution is -2.17. The van der Waals surface area contributed by atoms with E-state index in [-0.39, 0.29) is 17.3 Å². The molecule has 6 nitrogen and oxygen atoms in total. The molecule has 1 amide bonds. The highest BCUT2D eigenvalue weighted by atomic mass is 16.5. The summed E-state index contributed by atoms with van der Waals surface area (Å²) in [4.78, 5) is 24.6. The Morgan fingerprint density at radius 2 is 2.04 bits per heavy atom. The fourth-order valence-corrected chi connectivity index (χ4v) is 3.04. The van der Waals surface area contributed by atoms with Crippen molar-refractivity contribution in [3.8, 4) is 5.75 Å². The molecule has 1 N–H and O–H groups in total. The number of hydrogen-bond acceptors (Lipinski definition) is 5. The molecule has 2 aromatic carbocycles. The van der Waals surface area contributed by atoms with Gasteiger partial charge in [0.15, 0.2) is 11.2 Å². The second-order valence-corrected chi connectivity index (χ2v) is 6.40. The summed E-state index contributed by atoms with van der Waals surface area (Å²) in [6.45, 7) is 1.26. The molecular formula is C21H19NO5. The average molecular weight is 365 g/mol. The van der Waals surface area contributed by atoms with Crippen LogP contribution < -0.4 is 15.5 Å². The van der Waals surface area contributed by atoms with Crippen molar-refractivity contribution >= 4 is 22.6 Å². The fourth-order valence-electron chi connectivity index (χ4n) is 3.04. The van der Waals surface area contributed by atoms with Gasteiger partial charge in [-0.25, -0.2) is 0 Å².